The fourth-order valence-corrected chi connectivity index (χ4v) is 1.82. The van der Waals surface area contributed by atoms with Crippen LogP contribution >= 0.6 is 0 Å². The van der Waals surface area contributed by atoms with Crippen molar-refractivity contribution in [2.24, 2.45) is 11.5 Å². The molecule has 9 nitrogen and oxygen atoms in total. The van der Waals surface area contributed by atoms with Crippen molar-refractivity contribution in [1.82, 2.24) is 4.90 Å². The molecule has 0 aromatic carbocycles. The zero-order chi connectivity index (χ0) is 13.7. The van der Waals surface area contributed by atoms with E-state index < -0.39 is 24.5 Å². The van der Waals surface area contributed by atoms with Gasteiger partial charge in [0.05, 0.1) is 0 Å². The van der Waals surface area contributed by atoms with Crippen molar-refractivity contribution in [1.29, 1.82) is 0 Å². The standard InChI is InChI=1S/C9H15N3O6/c1-5-3-2-4-6(16-7(10)13)12(5)9(15)18-17-8(11)14/h5-6H,2-4H2,1H3,(H2,10,13)(H2,11,14). The van der Waals surface area contributed by atoms with Crippen molar-refractivity contribution >= 4 is 18.3 Å². The van der Waals surface area contributed by atoms with Crippen molar-refractivity contribution in [2.45, 2.75) is 38.5 Å². The Labute approximate surface area is 103 Å². The lowest BCUT2D eigenvalue weighted by Gasteiger charge is -2.37. The molecule has 0 aromatic rings. The zero-order valence-corrected chi connectivity index (χ0v) is 9.83. The molecule has 102 valence electrons. The third-order valence-corrected chi connectivity index (χ3v) is 2.52. The number of hydrogen-bond donors (Lipinski definition) is 2. The number of piperidine rings is 1. The highest BCUT2D eigenvalue weighted by molar-refractivity contribution is 5.71. The van der Waals surface area contributed by atoms with E-state index in [1.165, 1.54) is 0 Å². The van der Waals surface area contributed by atoms with Crippen molar-refractivity contribution in [3.63, 3.8) is 0 Å². The first-order valence-electron chi connectivity index (χ1n) is 5.34. The first-order valence-corrected chi connectivity index (χ1v) is 5.34. The fourth-order valence-electron chi connectivity index (χ4n) is 1.82. The van der Waals surface area contributed by atoms with Gasteiger partial charge in [-0.3, -0.25) is 4.90 Å². The second-order valence-corrected chi connectivity index (χ2v) is 3.83. The van der Waals surface area contributed by atoms with Gasteiger partial charge in [0.2, 0.25) is 0 Å². The summed E-state index contributed by atoms with van der Waals surface area (Å²) in [5.74, 6) is 0. The number of rotatable bonds is 1. The second-order valence-electron chi connectivity index (χ2n) is 3.83. The molecule has 1 fully saturated rings. The molecule has 1 aliphatic rings. The molecule has 0 spiro atoms. The Bertz CT molecular complexity index is 347. The molecule has 9 heteroatoms. The fraction of sp³-hybridized carbons (Fsp3) is 0.667. The Morgan fingerprint density at radius 3 is 2.33 bits per heavy atom. The van der Waals surface area contributed by atoms with E-state index in [2.05, 4.69) is 15.5 Å². The predicted octanol–water partition coefficient (Wildman–Crippen LogP) is 0.429. The average molecular weight is 261 g/mol. The van der Waals surface area contributed by atoms with Gasteiger partial charge in [0, 0.05) is 12.5 Å². The van der Waals surface area contributed by atoms with Crippen LogP contribution in [0.5, 0.6) is 0 Å². The number of amides is 3. The normalized spacial score (nSPS) is 23.1. The minimum Gasteiger partial charge on any atom is -0.425 e. The molecule has 3 amide bonds. The molecule has 2 unspecified atom stereocenters. The SMILES string of the molecule is CC1CCCC(OC(N)=O)N1C(=O)OOC(N)=O. The van der Waals surface area contributed by atoms with Crippen LogP contribution in [0.3, 0.4) is 0 Å². The number of nitrogens with two attached hydrogens (primary N) is 2. The van der Waals surface area contributed by atoms with E-state index in [0.717, 1.165) is 11.3 Å². The Morgan fingerprint density at radius 1 is 1.11 bits per heavy atom. The van der Waals surface area contributed by atoms with E-state index in [-0.39, 0.29) is 6.04 Å². The molecule has 18 heavy (non-hydrogen) atoms. The highest BCUT2D eigenvalue weighted by atomic mass is 17.2. The van der Waals surface area contributed by atoms with E-state index in [9.17, 15) is 14.4 Å². The maximum Gasteiger partial charge on any atom is 0.456 e. The quantitative estimate of drug-likeness (QED) is 0.519. The van der Waals surface area contributed by atoms with Gasteiger partial charge in [0.1, 0.15) is 0 Å². The third-order valence-electron chi connectivity index (χ3n) is 2.52. The molecule has 1 saturated heterocycles. The van der Waals surface area contributed by atoms with E-state index in [1.54, 1.807) is 6.92 Å². The summed E-state index contributed by atoms with van der Waals surface area (Å²) < 4.78 is 4.79. The summed E-state index contributed by atoms with van der Waals surface area (Å²) in [5, 5.41) is 0. The van der Waals surface area contributed by atoms with Gasteiger partial charge in [-0.15, -0.1) is 0 Å². The molecule has 1 heterocycles. The number of carbonyl (C=O) groups excluding carboxylic acids is 3. The molecule has 1 aliphatic heterocycles. The number of carbonyl (C=O) groups is 3. The van der Waals surface area contributed by atoms with Crippen LogP contribution in [0.15, 0.2) is 0 Å². The number of ether oxygens (including phenoxy) is 1. The topological polar surface area (TPSA) is 134 Å². The lowest BCUT2D eigenvalue weighted by molar-refractivity contribution is -0.198. The lowest BCUT2D eigenvalue weighted by Crippen LogP contribution is -2.51. The molecule has 2 atom stereocenters. The minimum absolute atomic E-state index is 0.243. The maximum atomic E-state index is 11.6. The van der Waals surface area contributed by atoms with Gasteiger partial charge in [-0.2, -0.15) is 0 Å². The second kappa shape index (κ2) is 5.94. The lowest BCUT2D eigenvalue weighted by atomic mass is 10.0. The highest BCUT2D eigenvalue weighted by Gasteiger charge is 2.36. The van der Waals surface area contributed by atoms with Crippen LogP contribution in [0.4, 0.5) is 14.4 Å². The first kappa shape index (κ1) is 13.9. The van der Waals surface area contributed by atoms with Gasteiger partial charge in [0.25, 0.3) is 0 Å². The summed E-state index contributed by atoms with van der Waals surface area (Å²) in [6.45, 7) is 1.74. The number of primary amides is 2. The maximum absolute atomic E-state index is 11.6. The molecule has 0 aliphatic carbocycles. The van der Waals surface area contributed by atoms with Crippen LogP contribution < -0.4 is 11.5 Å². The summed E-state index contributed by atoms with van der Waals surface area (Å²) in [6.07, 6.45) is -2.16. The molecule has 1 rings (SSSR count). The van der Waals surface area contributed by atoms with Crippen LogP contribution in [0.25, 0.3) is 0 Å². The average Bonchev–Trinajstić information content (AvgIpc) is 2.25. The van der Waals surface area contributed by atoms with Crippen LogP contribution in [0.1, 0.15) is 26.2 Å². The van der Waals surface area contributed by atoms with Crippen LogP contribution in [0, 0.1) is 0 Å². The highest BCUT2D eigenvalue weighted by Crippen LogP contribution is 2.24. The van der Waals surface area contributed by atoms with Crippen molar-refractivity contribution < 1.29 is 28.9 Å². The first-order chi connectivity index (χ1) is 8.41. The molecule has 0 aromatic heterocycles. The molecule has 0 saturated carbocycles. The molecule has 4 N–H and O–H groups in total. The summed E-state index contributed by atoms with van der Waals surface area (Å²) >= 11 is 0. The van der Waals surface area contributed by atoms with Crippen LogP contribution in [0.2, 0.25) is 0 Å². The van der Waals surface area contributed by atoms with Crippen molar-refractivity contribution in [3.05, 3.63) is 0 Å². The van der Waals surface area contributed by atoms with Crippen molar-refractivity contribution in [2.75, 3.05) is 0 Å². The third kappa shape index (κ3) is 3.68. The molecular formula is C9H15N3O6. The van der Waals surface area contributed by atoms with Gasteiger partial charge >= 0.3 is 18.3 Å². The molecular weight excluding hydrogens is 246 g/mol. The van der Waals surface area contributed by atoms with E-state index in [0.29, 0.717) is 12.8 Å². The summed E-state index contributed by atoms with van der Waals surface area (Å²) in [5.41, 5.74) is 9.57. The Balaban J connectivity index is 2.67. The summed E-state index contributed by atoms with van der Waals surface area (Å²) in [4.78, 5) is 42.0. The Hall–Kier alpha value is -2.19. The van der Waals surface area contributed by atoms with Gasteiger partial charge < -0.3 is 16.2 Å². The predicted molar refractivity (Wildman–Crippen MR) is 56.8 cm³/mol. The zero-order valence-electron chi connectivity index (χ0n) is 9.83. The number of nitrogens with zero attached hydrogens (tertiary/aromatic N) is 1. The number of hydrogen-bond acceptors (Lipinski definition) is 6. The Kier molecular flexibility index (Phi) is 4.58. The van der Waals surface area contributed by atoms with Gasteiger partial charge in [0.15, 0.2) is 6.23 Å². The van der Waals surface area contributed by atoms with Gasteiger partial charge in [-0.05, 0) is 19.8 Å². The summed E-state index contributed by atoms with van der Waals surface area (Å²) in [7, 11) is 0. The van der Waals surface area contributed by atoms with Crippen LogP contribution in [-0.2, 0) is 14.5 Å². The Morgan fingerprint density at radius 2 is 1.78 bits per heavy atom. The minimum atomic E-state index is -1.25. The van der Waals surface area contributed by atoms with Crippen molar-refractivity contribution in [3.8, 4) is 0 Å². The van der Waals surface area contributed by atoms with Crippen LogP contribution in [-0.4, -0.2) is 35.4 Å². The number of likely N-dealkylation sites (tertiary alicyclic amines) is 1. The largest absolute Gasteiger partial charge is 0.456 e. The van der Waals surface area contributed by atoms with E-state index in [4.69, 9.17) is 10.5 Å². The van der Waals surface area contributed by atoms with E-state index in [1.807, 2.05) is 0 Å². The smallest absolute Gasteiger partial charge is 0.425 e. The molecule has 0 radical (unpaired) electrons. The van der Waals surface area contributed by atoms with E-state index >= 15 is 0 Å². The van der Waals surface area contributed by atoms with Gasteiger partial charge in [-0.25, -0.2) is 24.2 Å². The summed E-state index contributed by atoms with van der Waals surface area (Å²) in [6, 6.07) is -0.243. The van der Waals surface area contributed by atoms with Gasteiger partial charge in [-0.1, -0.05) is 0 Å². The monoisotopic (exact) mass is 261 g/mol. The molecule has 0 bridgehead atoms.